The zero-order valence-electron chi connectivity index (χ0n) is 11.7. The lowest BCUT2D eigenvalue weighted by molar-refractivity contribution is -0.140. The Bertz CT molecular complexity index is 455. The Kier molecular flexibility index (Phi) is 5.00. The third kappa shape index (κ3) is 5.34. The van der Waals surface area contributed by atoms with E-state index in [0.717, 1.165) is 12.1 Å². The van der Waals surface area contributed by atoms with Crippen LogP contribution in [0.25, 0.3) is 0 Å². The summed E-state index contributed by atoms with van der Waals surface area (Å²) in [5.74, 6) is -2.02. The SMILES string of the molecule is CN(Cc1ccc(F)c(F)c1)C(=O)COC(C)(C)C. The Hall–Kier alpha value is -1.49. The zero-order valence-corrected chi connectivity index (χ0v) is 11.7. The Morgan fingerprint density at radius 1 is 1.26 bits per heavy atom. The number of hydrogen-bond acceptors (Lipinski definition) is 2. The third-order valence-electron chi connectivity index (χ3n) is 2.46. The van der Waals surface area contributed by atoms with Gasteiger partial charge in [-0.25, -0.2) is 8.78 Å². The van der Waals surface area contributed by atoms with Gasteiger partial charge in [0.2, 0.25) is 5.91 Å². The normalized spacial score (nSPS) is 11.5. The minimum atomic E-state index is -0.913. The molecular weight excluding hydrogens is 252 g/mol. The summed E-state index contributed by atoms with van der Waals surface area (Å²) in [7, 11) is 1.59. The molecule has 1 aromatic rings. The Balaban J connectivity index is 2.56. The number of halogens is 2. The third-order valence-corrected chi connectivity index (χ3v) is 2.46. The lowest BCUT2D eigenvalue weighted by atomic mass is 10.2. The van der Waals surface area contributed by atoms with Crippen molar-refractivity contribution in [2.45, 2.75) is 32.9 Å². The highest BCUT2D eigenvalue weighted by Crippen LogP contribution is 2.11. The van der Waals surface area contributed by atoms with Crippen LogP contribution in [0, 0.1) is 11.6 Å². The molecule has 19 heavy (non-hydrogen) atoms. The number of amides is 1. The first kappa shape index (κ1) is 15.6. The van der Waals surface area contributed by atoms with Crippen molar-refractivity contribution in [1.82, 2.24) is 4.90 Å². The number of carbonyl (C=O) groups excluding carboxylic acids is 1. The fourth-order valence-corrected chi connectivity index (χ4v) is 1.39. The Labute approximate surface area is 112 Å². The van der Waals surface area contributed by atoms with Crippen LogP contribution in [-0.2, 0) is 16.1 Å². The van der Waals surface area contributed by atoms with Gasteiger partial charge in [-0.2, -0.15) is 0 Å². The van der Waals surface area contributed by atoms with E-state index >= 15 is 0 Å². The van der Waals surface area contributed by atoms with Crippen LogP contribution in [0.3, 0.4) is 0 Å². The van der Waals surface area contributed by atoms with Gasteiger partial charge in [-0.1, -0.05) is 6.07 Å². The predicted molar refractivity (Wildman–Crippen MR) is 68.5 cm³/mol. The maximum Gasteiger partial charge on any atom is 0.248 e. The van der Waals surface area contributed by atoms with Crippen molar-refractivity contribution >= 4 is 5.91 Å². The molecule has 0 N–H and O–H groups in total. The van der Waals surface area contributed by atoms with E-state index in [0.29, 0.717) is 5.56 Å². The highest BCUT2D eigenvalue weighted by Gasteiger charge is 2.16. The molecule has 106 valence electrons. The molecule has 0 heterocycles. The van der Waals surface area contributed by atoms with Gasteiger partial charge in [-0.15, -0.1) is 0 Å². The van der Waals surface area contributed by atoms with Crippen LogP contribution in [0.15, 0.2) is 18.2 Å². The number of benzene rings is 1. The highest BCUT2D eigenvalue weighted by atomic mass is 19.2. The number of ether oxygens (including phenoxy) is 1. The minimum Gasteiger partial charge on any atom is -0.366 e. The van der Waals surface area contributed by atoms with Crippen molar-refractivity contribution in [1.29, 1.82) is 0 Å². The zero-order chi connectivity index (χ0) is 14.6. The second-order valence-electron chi connectivity index (χ2n) is 5.40. The summed E-state index contributed by atoms with van der Waals surface area (Å²) in [6, 6.07) is 3.59. The number of carbonyl (C=O) groups is 1. The molecule has 0 aromatic heterocycles. The summed E-state index contributed by atoms with van der Waals surface area (Å²) in [6.45, 7) is 5.74. The van der Waals surface area contributed by atoms with E-state index in [9.17, 15) is 13.6 Å². The molecule has 1 amide bonds. The molecule has 0 fully saturated rings. The van der Waals surface area contributed by atoms with Gasteiger partial charge in [0.15, 0.2) is 11.6 Å². The van der Waals surface area contributed by atoms with Gasteiger partial charge in [0, 0.05) is 13.6 Å². The van der Waals surface area contributed by atoms with E-state index in [2.05, 4.69) is 0 Å². The molecule has 0 bridgehead atoms. The fourth-order valence-electron chi connectivity index (χ4n) is 1.39. The number of hydrogen-bond donors (Lipinski definition) is 0. The average molecular weight is 271 g/mol. The van der Waals surface area contributed by atoms with Crippen LogP contribution in [0.1, 0.15) is 26.3 Å². The summed E-state index contributed by atoms with van der Waals surface area (Å²) in [4.78, 5) is 13.2. The molecule has 0 aliphatic rings. The first-order valence-electron chi connectivity index (χ1n) is 6.01. The molecule has 0 saturated carbocycles. The smallest absolute Gasteiger partial charge is 0.248 e. The van der Waals surface area contributed by atoms with Gasteiger partial charge in [-0.05, 0) is 38.5 Å². The number of nitrogens with zero attached hydrogens (tertiary/aromatic N) is 1. The summed E-state index contributed by atoms with van der Waals surface area (Å²) in [5, 5.41) is 0. The van der Waals surface area contributed by atoms with Crippen LogP contribution in [-0.4, -0.2) is 30.1 Å². The van der Waals surface area contributed by atoms with E-state index in [1.54, 1.807) is 7.05 Å². The van der Waals surface area contributed by atoms with Gasteiger partial charge in [-0.3, -0.25) is 4.79 Å². The van der Waals surface area contributed by atoms with E-state index < -0.39 is 17.2 Å². The monoisotopic (exact) mass is 271 g/mol. The van der Waals surface area contributed by atoms with Crippen LogP contribution in [0.2, 0.25) is 0 Å². The lowest BCUT2D eigenvalue weighted by Gasteiger charge is -2.22. The molecule has 0 saturated heterocycles. The van der Waals surface area contributed by atoms with Crippen molar-refractivity contribution in [2.24, 2.45) is 0 Å². The molecule has 0 unspecified atom stereocenters. The molecule has 1 aromatic carbocycles. The van der Waals surface area contributed by atoms with E-state index in [1.807, 2.05) is 20.8 Å². The molecule has 0 spiro atoms. The van der Waals surface area contributed by atoms with Crippen molar-refractivity contribution in [3.05, 3.63) is 35.4 Å². The van der Waals surface area contributed by atoms with Gasteiger partial charge < -0.3 is 9.64 Å². The first-order valence-corrected chi connectivity index (χ1v) is 6.01. The van der Waals surface area contributed by atoms with Gasteiger partial charge in [0.1, 0.15) is 6.61 Å². The van der Waals surface area contributed by atoms with Crippen molar-refractivity contribution in [3.63, 3.8) is 0 Å². The Morgan fingerprint density at radius 2 is 1.89 bits per heavy atom. The van der Waals surface area contributed by atoms with Crippen LogP contribution >= 0.6 is 0 Å². The van der Waals surface area contributed by atoms with E-state index in [-0.39, 0.29) is 19.1 Å². The predicted octanol–water partition coefficient (Wildman–Crippen LogP) is 2.74. The molecule has 5 heteroatoms. The minimum absolute atomic E-state index is 0.0380. The van der Waals surface area contributed by atoms with Crippen LogP contribution in [0.4, 0.5) is 8.78 Å². The second kappa shape index (κ2) is 6.10. The second-order valence-corrected chi connectivity index (χ2v) is 5.40. The van der Waals surface area contributed by atoms with Crippen molar-refractivity contribution in [3.8, 4) is 0 Å². The number of rotatable bonds is 4. The summed E-state index contributed by atoms with van der Waals surface area (Å²) in [6.07, 6.45) is 0. The van der Waals surface area contributed by atoms with Crippen molar-refractivity contribution in [2.75, 3.05) is 13.7 Å². The molecule has 0 aliphatic heterocycles. The maximum atomic E-state index is 13.0. The molecule has 0 aliphatic carbocycles. The molecule has 0 atom stereocenters. The molecule has 0 radical (unpaired) electrons. The molecule has 3 nitrogen and oxygen atoms in total. The van der Waals surface area contributed by atoms with Crippen LogP contribution < -0.4 is 0 Å². The molecular formula is C14H19F2NO2. The van der Waals surface area contributed by atoms with Gasteiger partial charge in [0.05, 0.1) is 5.60 Å². The summed E-state index contributed by atoms with van der Waals surface area (Å²) in [5.41, 5.74) is 0.142. The standard InChI is InChI=1S/C14H19F2NO2/c1-14(2,3)19-9-13(18)17(4)8-10-5-6-11(15)12(16)7-10/h5-7H,8-9H2,1-4H3. The first-order chi connectivity index (χ1) is 8.69. The highest BCUT2D eigenvalue weighted by molar-refractivity contribution is 5.77. The maximum absolute atomic E-state index is 13.0. The van der Waals surface area contributed by atoms with Crippen LogP contribution in [0.5, 0.6) is 0 Å². The van der Waals surface area contributed by atoms with E-state index in [1.165, 1.54) is 11.0 Å². The van der Waals surface area contributed by atoms with Gasteiger partial charge in [0.25, 0.3) is 0 Å². The van der Waals surface area contributed by atoms with E-state index in [4.69, 9.17) is 4.74 Å². The fraction of sp³-hybridized carbons (Fsp3) is 0.500. The topological polar surface area (TPSA) is 29.5 Å². The largest absolute Gasteiger partial charge is 0.366 e. The lowest BCUT2D eigenvalue weighted by Crippen LogP contribution is -2.33. The summed E-state index contributed by atoms with van der Waals surface area (Å²) >= 11 is 0. The number of likely N-dealkylation sites (N-methyl/N-ethyl adjacent to an activating group) is 1. The Morgan fingerprint density at radius 3 is 2.42 bits per heavy atom. The quantitative estimate of drug-likeness (QED) is 0.842. The average Bonchev–Trinajstić information content (AvgIpc) is 2.29. The van der Waals surface area contributed by atoms with Gasteiger partial charge >= 0.3 is 0 Å². The van der Waals surface area contributed by atoms with Crippen molar-refractivity contribution < 1.29 is 18.3 Å². The summed E-state index contributed by atoms with van der Waals surface area (Å²) < 4.78 is 31.2. The molecule has 1 rings (SSSR count).